The Balaban J connectivity index is 1.98. The Morgan fingerprint density at radius 2 is 1.84 bits per heavy atom. The number of nitrogens with zero attached hydrogens (tertiary/aromatic N) is 1. The lowest BCUT2D eigenvalue weighted by molar-refractivity contribution is 0.579. The number of fused-ring (bicyclic) bond motifs is 3. The number of rotatable bonds is 2. The zero-order valence-corrected chi connectivity index (χ0v) is 14.2. The molecule has 0 amide bonds. The Bertz CT molecular complexity index is 1330. The first-order valence-corrected chi connectivity index (χ1v) is 8.61. The van der Waals surface area contributed by atoms with E-state index in [9.17, 15) is 4.79 Å². The largest absolute Gasteiger partial charge is 0.464 e. The van der Waals surface area contributed by atoms with Gasteiger partial charge in [0.05, 0.1) is 18.0 Å². The minimum Gasteiger partial charge on any atom is -0.464 e. The van der Waals surface area contributed by atoms with E-state index in [-0.39, 0.29) is 10.3 Å². The molecule has 0 atom stereocenters. The molecule has 0 aliphatic rings. The number of pyridine rings is 1. The van der Waals surface area contributed by atoms with Gasteiger partial charge in [0.25, 0.3) is 5.56 Å². The molecule has 0 aliphatic heterocycles. The van der Waals surface area contributed by atoms with E-state index in [4.69, 9.17) is 21.1 Å². The van der Waals surface area contributed by atoms with Crippen LogP contribution >= 0.6 is 23.6 Å². The van der Waals surface area contributed by atoms with Crippen LogP contribution in [-0.4, -0.2) is 15.0 Å². The van der Waals surface area contributed by atoms with Gasteiger partial charge in [-0.2, -0.15) is 0 Å². The second-order valence-corrected chi connectivity index (χ2v) is 6.81. The number of thiophene rings is 1. The number of H-pyrrole nitrogens is 2. The first kappa shape index (κ1) is 14.4. The van der Waals surface area contributed by atoms with Crippen LogP contribution < -0.4 is 5.56 Å². The average molecular weight is 367 g/mol. The molecule has 0 bridgehead atoms. The van der Waals surface area contributed by atoms with E-state index < -0.39 is 0 Å². The maximum atomic E-state index is 12.3. The molecule has 5 aromatic heterocycles. The van der Waals surface area contributed by atoms with Gasteiger partial charge in [0.2, 0.25) is 0 Å². The minimum absolute atomic E-state index is 0.230. The number of hydrogen-bond acceptors (Lipinski definition) is 6. The summed E-state index contributed by atoms with van der Waals surface area (Å²) < 4.78 is 11.9. The summed E-state index contributed by atoms with van der Waals surface area (Å²) in [6.45, 7) is 0. The van der Waals surface area contributed by atoms with Gasteiger partial charge in [-0.3, -0.25) is 9.78 Å². The normalized spacial score (nSPS) is 11.5. The van der Waals surface area contributed by atoms with E-state index in [0.717, 1.165) is 10.9 Å². The molecule has 122 valence electrons. The molecule has 0 saturated heterocycles. The van der Waals surface area contributed by atoms with Crippen molar-refractivity contribution in [2.75, 3.05) is 0 Å². The number of furan rings is 2. The van der Waals surface area contributed by atoms with E-state index in [0.29, 0.717) is 32.3 Å². The van der Waals surface area contributed by atoms with Crippen LogP contribution in [0, 0.1) is 4.77 Å². The standard InChI is InChI=1S/C17H9N3O3S2/c21-15-14-13(19-17(24)20-15)12-8(10-3-1-5-22-10)7-9(18-16(12)25-14)11-4-2-6-23-11/h1-7H,(H2,19,20,21,24). The van der Waals surface area contributed by atoms with Gasteiger partial charge >= 0.3 is 0 Å². The molecule has 5 heterocycles. The molecule has 5 aromatic rings. The van der Waals surface area contributed by atoms with Crippen molar-refractivity contribution in [3.8, 4) is 22.8 Å². The average Bonchev–Trinajstić information content (AvgIpc) is 3.34. The summed E-state index contributed by atoms with van der Waals surface area (Å²) in [6.07, 6.45) is 3.21. The fraction of sp³-hybridized carbons (Fsp3) is 0. The summed E-state index contributed by atoms with van der Waals surface area (Å²) in [6, 6.07) is 9.22. The van der Waals surface area contributed by atoms with Gasteiger partial charge in [0.1, 0.15) is 21.0 Å². The van der Waals surface area contributed by atoms with E-state index in [1.807, 2.05) is 24.3 Å². The van der Waals surface area contributed by atoms with Crippen LogP contribution in [0.15, 0.2) is 56.5 Å². The fourth-order valence-corrected chi connectivity index (χ4v) is 4.10. The van der Waals surface area contributed by atoms with Crippen LogP contribution in [0.1, 0.15) is 0 Å². The third kappa shape index (κ3) is 2.19. The Hall–Kier alpha value is -2.97. The third-order valence-corrected chi connectivity index (χ3v) is 5.18. The fourth-order valence-electron chi connectivity index (χ4n) is 2.86. The van der Waals surface area contributed by atoms with Crippen LogP contribution in [0.25, 0.3) is 43.2 Å². The number of nitrogens with one attached hydrogen (secondary N) is 2. The van der Waals surface area contributed by atoms with Crippen LogP contribution in [0.2, 0.25) is 0 Å². The van der Waals surface area contributed by atoms with Crippen molar-refractivity contribution >= 4 is 44.0 Å². The molecule has 0 aliphatic carbocycles. The van der Waals surface area contributed by atoms with Gasteiger partial charge in [0, 0.05) is 10.9 Å². The summed E-state index contributed by atoms with van der Waals surface area (Å²) >= 11 is 6.43. The van der Waals surface area contributed by atoms with Crippen molar-refractivity contribution in [3.05, 3.63) is 58.0 Å². The van der Waals surface area contributed by atoms with Gasteiger partial charge in [-0.25, -0.2) is 4.98 Å². The van der Waals surface area contributed by atoms with Crippen LogP contribution in [0.4, 0.5) is 0 Å². The Kier molecular flexibility index (Phi) is 3.03. The summed E-state index contributed by atoms with van der Waals surface area (Å²) in [5.74, 6) is 1.33. The van der Waals surface area contributed by atoms with E-state index in [1.165, 1.54) is 11.3 Å². The van der Waals surface area contributed by atoms with Crippen LogP contribution in [-0.2, 0) is 0 Å². The summed E-state index contributed by atoms with van der Waals surface area (Å²) in [4.78, 5) is 23.3. The minimum atomic E-state index is -0.230. The van der Waals surface area contributed by atoms with Gasteiger partial charge in [0.15, 0.2) is 10.5 Å². The van der Waals surface area contributed by atoms with Gasteiger partial charge in [-0.1, -0.05) is 0 Å². The molecule has 0 radical (unpaired) electrons. The molecule has 2 N–H and O–H groups in total. The molecule has 0 fully saturated rings. The molecule has 5 rings (SSSR count). The van der Waals surface area contributed by atoms with Crippen molar-refractivity contribution in [3.63, 3.8) is 0 Å². The zero-order chi connectivity index (χ0) is 17.0. The quantitative estimate of drug-likeness (QED) is 0.441. The lowest BCUT2D eigenvalue weighted by Gasteiger charge is -2.04. The van der Waals surface area contributed by atoms with Gasteiger partial charge < -0.3 is 13.8 Å². The van der Waals surface area contributed by atoms with Crippen molar-refractivity contribution in [2.45, 2.75) is 0 Å². The van der Waals surface area contributed by atoms with E-state index >= 15 is 0 Å². The van der Waals surface area contributed by atoms with Gasteiger partial charge in [-0.15, -0.1) is 11.3 Å². The van der Waals surface area contributed by atoms with Gasteiger partial charge in [-0.05, 0) is 42.5 Å². The molecular formula is C17H9N3O3S2. The maximum Gasteiger partial charge on any atom is 0.269 e. The zero-order valence-electron chi connectivity index (χ0n) is 12.5. The molecule has 6 nitrogen and oxygen atoms in total. The number of aromatic nitrogens is 3. The van der Waals surface area contributed by atoms with Crippen LogP contribution in [0.5, 0.6) is 0 Å². The predicted molar refractivity (Wildman–Crippen MR) is 98.3 cm³/mol. The highest BCUT2D eigenvalue weighted by Gasteiger charge is 2.19. The van der Waals surface area contributed by atoms with Crippen molar-refractivity contribution in [1.82, 2.24) is 15.0 Å². The Morgan fingerprint density at radius 3 is 2.56 bits per heavy atom. The van der Waals surface area contributed by atoms with E-state index in [1.54, 1.807) is 18.6 Å². The first-order chi connectivity index (χ1) is 12.2. The molecule has 0 spiro atoms. The highest BCUT2D eigenvalue weighted by Crippen LogP contribution is 2.39. The topological polar surface area (TPSA) is 87.8 Å². The molecular weight excluding hydrogens is 358 g/mol. The lowest BCUT2D eigenvalue weighted by Crippen LogP contribution is -2.05. The summed E-state index contributed by atoms with van der Waals surface area (Å²) in [5.41, 5.74) is 1.93. The molecule has 8 heteroatoms. The predicted octanol–water partition coefficient (Wildman–Crippen LogP) is 4.72. The van der Waals surface area contributed by atoms with E-state index in [2.05, 4.69) is 15.0 Å². The Morgan fingerprint density at radius 1 is 1.08 bits per heavy atom. The lowest BCUT2D eigenvalue weighted by atomic mass is 10.1. The highest BCUT2D eigenvalue weighted by atomic mass is 32.1. The third-order valence-electron chi connectivity index (χ3n) is 3.89. The maximum absolute atomic E-state index is 12.3. The van der Waals surface area contributed by atoms with Crippen molar-refractivity contribution < 1.29 is 8.83 Å². The molecule has 0 unspecified atom stereocenters. The SMILES string of the molecule is O=c1[nH]c(=S)[nH]c2c1sc1nc(-c3ccco3)cc(-c3ccco3)c12. The Labute approximate surface area is 148 Å². The first-order valence-electron chi connectivity index (χ1n) is 7.38. The molecule has 25 heavy (non-hydrogen) atoms. The number of hydrogen-bond donors (Lipinski definition) is 2. The second-order valence-electron chi connectivity index (χ2n) is 5.40. The molecule has 0 saturated carbocycles. The smallest absolute Gasteiger partial charge is 0.269 e. The second kappa shape index (κ2) is 5.27. The molecule has 0 aromatic carbocycles. The van der Waals surface area contributed by atoms with Crippen molar-refractivity contribution in [2.24, 2.45) is 0 Å². The number of aromatic amines is 2. The van der Waals surface area contributed by atoms with Crippen LogP contribution in [0.3, 0.4) is 0 Å². The summed E-state index contributed by atoms with van der Waals surface area (Å²) in [5, 5.41) is 0.808. The van der Waals surface area contributed by atoms with Crippen molar-refractivity contribution in [1.29, 1.82) is 0 Å². The summed E-state index contributed by atoms with van der Waals surface area (Å²) in [7, 11) is 0. The monoisotopic (exact) mass is 367 g/mol. The highest BCUT2D eigenvalue weighted by molar-refractivity contribution is 7.71.